The number of hydrogen-bond acceptors (Lipinski definition) is 2. The molecule has 18 heavy (non-hydrogen) atoms. The van der Waals surface area contributed by atoms with Gasteiger partial charge in [-0.25, -0.2) is 0 Å². The number of aryl methyl sites for hydroxylation is 1. The number of likely N-dealkylation sites (tertiary alicyclic amines) is 1. The van der Waals surface area contributed by atoms with Crippen LogP contribution in [-0.4, -0.2) is 30.6 Å². The van der Waals surface area contributed by atoms with Gasteiger partial charge < -0.3 is 5.32 Å². The Kier molecular flexibility index (Phi) is 4.81. The predicted molar refractivity (Wildman–Crippen MR) is 76.3 cm³/mol. The van der Waals surface area contributed by atoms with Crippen LogP contribution in [0.3, 0.4) is 0 Å². The molecule has 1 aromatic rings. The molecule has 0 spiro atoms. The smallest absolute Gasteiger partial charge is 0.0598 e. The minimum absolute atomic E-state index is 0.638. The second-order valence-corrected chi connectivity index (χ2v) is 5.12. The van der Waals surface area contributed by atoms with Crippen LogP contribution in [0.1, 0.15) is 24.0 Å². The largest absolute Gasteiger partial charge is 0.310 e. The Bertz CT molecular complexity index is 411. The van der Waals surface area contributed by atoms with Crippen molar-refractivity contribution in [2.24, 2.45) is 0 Å². The summed E-state index contributed by atoms with van der Waals surface area (Å²) in [5, 5.41) is 3.65. The van der Waals surface area contributed by atoms with Crippen LogP contribution < -0.4 is 5.32 Å². The number of nitrogens with zero attached hydrogens (tertiary/aromatic N) is 1. The van der Waals surface area contributed by atoms with Gasteiger partial charge in [0.1, 0.15) is 0 Å². The zero-order valence-corrected chi connectivity index (χ0v) is 11.2. The van der Waals surface area contributed by atoms with Crippen molar-refractivity contribution < 1.29 is 0 Å². The van der Waals surface area contributed by atoms with Crippen LogP contribution in [0.2, 0.25) is 0 Å². The first kappa shape index (κ1) is 13.1. The van der Waals surface area contributed by atoms with Crippen LogP contribution in [0.25, 0.3) is 0 Å². The fraction of sp³-hybridized carbons (Fsp3) is 0.500. The standard InChI is InChI=1S/C16H22N2/c1-3-9-18-10-7-16(8-11-18)17-13-15-6-4-5-14(2)12-15/h1,4-6,12,16-17H,7-11,13H2,2H3. The fourth-order valence-electron chi connectivity index (χ4n) is 2.51. The third-order valence-corrected chi connectivity index (χ3v) is 3.58. The average Bonchev–Trinajstić information content (AvgIpc) is 2.38. The van der Waals surface area contributed by atoms with Gasteiger partial charge in [-0.3, -0.25) is 4.90 Å². The summed E-state index contributed by atoms with van der Waals surface area (Å²) in [4.78, 5) is 2.35. The van der Waals surface area contributed by atoms with Gasteiger partial charge in [-0.2, -0.15) is 0 Å². The van der Waals surface area contributed by atoms with Gasteiger partial charge in [-0.1, -0.05) is 35.7 Å². The second kappa shape index (κ2) is 6.58. The van der Waals surface area contributed by atoms with Gasteiger partial charge in [0, 0.05) is 25.7 Å². The molecular weight excluding hydrogens is 220 g/mol. The van der Waals surface area contributed by atoms with E-state index in [0.717, 1.165) is 26.2 Å². The van der Waals surface area contributed by atoms with E-state index < -0.39 is 0 Å². The molecule has 2 nitrogen and oxygen atoms in total. The number of rotatable bonds is 4. The molecule has 1 saturated heterocycles. The Morgan fingerprint density at radius 1 is 1.39 bits per heavy atom. The van der Waals surface area contributed by atoms with Crippen molar-refractivity contribution in [2.75, 3.05) is 19.6 Å². The number of terminal acetylenes is 1. The summed E-state index contributed by atoms with van der Waals surface area (Å²) in [5.74, 6) is 2.72. The van der Waals surface area contributed by atoms with E-state index in [0.29, 0.717) is 6.04 Å². The van der Waals surface area contributed by atoms with Gasteiger partial charge in [0.05, 0.1) is 6.54 Å². The molecular formula is C16H22N2. The SMILES string of the molecule is C#CCN1CCC(NCc2cccc(C)c2)CC1. The highest BCUT2D eigenvalue weighted by molar-refractivity contribution is 5.22. The summed E-state index contributed by atoms with van der Waals surface area (Å²) in [6.45, 7) is 6.15. The molecule has 1 heterocycles. The van der Waals surface area contributed by atoms with Crippen LogP contribution in [0.5, 0.6) is 0 Å². The summed E-state index contributed by atoms with van der Waals surface area (Å²) >= 11 is 0. The number of hydrogen-bond donors (Lipinski definition) is 1. The molecule has 0 aliphatic carbocycles. The zero-order valence-electron chi connectivity index (χ0n) is 11.2. The van der Waals surface area contributed by atoms with Crippen LogP contribution in [0.15, 0.2) is 24.3 Å². The summed E-state index contributed by atoms with van der Waals surface area (Å²) < 4.78 is 0. The summed E-state index contributed by atoms with van der Waals surface area (Å²) in [6, 6.07) is 9.34. The maximum atomic E-state index is 5.34. The Morgan fingerprint density at radius 3 is 2.83 bits per heavy atom. The lowest BCUT2D eigenvalue weighted by Crippen LogP contribution is -2.42. The first-order valence-corrected chi connectivity index (χ1v) is 6.72. The quantitative estimate of drug-likeness (QED) is 0.814. The van der Waals surface area contributed by atoms with Gasteiger partial charge >= 0.3 is 0 Å². The van der Waals surface area contributed by atoms with E-state index in [9.17, 15) is 0 Å². The second-order valence-electron chi connectivity index (χ2n) is 5.12. The molecule has 0 saturated carbocycles. The van der Waals surface area contributed by atoms with Crippen molar-refractivity contribution in [3.8, 4) is 12.3 Å². The van der Waals surface area contributed by atoms with Crippen LogP contribution in [0.4, 0.5) is 0 Å². The number of piperidine rings is 1. The lowest BCUT2D eigenvalue weighted by Gasteiger charge is -2.31. The molecule has 0 bridgehead atoms. The maximum Gasteiger partial charge on any atom is 0.0598 e. The van der Waals surface area contributed by atoms with E-state index in [1.165, 1.54) is 24.0 Å². The number of benzene rings is 1. The van der Waals surface area contributed by atoms with Crippen LogP contribution >= 0.6 is 0 Å². The van der Waals surface area contributed by atoms with Crippen LogP contribution in [-0.2, 0) is 6.54 Å². The molecule has 1 N–H and O–H groups in total. The maximum absolute atomic E-state index is 5.34. The third-order valence-electron chi connectivity index (χ3n) is 3.58. The van der Waals surface area contributed by atoms with E-state index in [1.54, 1.807) is 0 Å². The lowest BCUT2D eigenvalue weighted by atomic mass is 10.0. The first-order valence-electron chi connectivity index (χ1n) is 6.72. The lowest BCUT2D eigenvalue weighted by molar-refractivity contribution is 0.217. The van der Waals surface area contributed by atoms with E-state index >= 15 is 0 Å². The normalized spacial score (nSPS) is 17.6. The van der Waals surface area contributed by atoms with E-state index in [1.807, 2.05) is 0 Å². The predicted octanol–water partition coefficient (Wildman–Crippen LogP) is 2.18. The molecule has 1 aromatic carbocycles. The topological polar surface area (TPSA) is 15.3 Å². The van der Waals surface area contributed by atoms with Gasteiger partial charge in [0.15, 0.2) is 0 Å². The van der Waals surface area contributed by atoms with Gasteiger partial charge in [0.2, 0.25) is 0 Å². The van der Waals surface area contributed by atoms with Crippen molar-refractivity contribution in [3.63, 3.8) is 0 Å². The molecule has 1 aliphatic heterocycles. The minimum Gasteiger partial charge on any atom is -0.310 e. The van der Waals surface area contributed by atoms with E-state index in [2.05, 4.69) is 47.3 Å². The van der Waals surface area contributed by atoms with Gasteiger partial charge in [-0.15, -0.1) is 6.42 Å². The highest BCUT2D eigenvalue weighted by atomic mass is 15.1. The van der Waals surface area contributed by atoms with Gasteiger partial charge in [-0.05, 0) is 25.3 Å². The molecule has 1 aliphatic rings. The molecule has 0 unspecified atom stereocenters. The fourth-order valence-corrected chi connectivity index (χ4v) is 2.51. The van der Waals surface area contributed by atoms with Crippen molar-refractivity contribution >= 4 is 0 Å². The molecule has 96 valence electrons. The molecule has 0 amide bonds. The number of nitrogens with one attached hydrogen (secondary N) is 1. The molecule has 2 heteroatoms. The molecule has 1 fully saturated rings. The zero-order chi connectivity index (χ0) is 12.8. The monoisotopic (exact) mass is 242 g/mol. The van der Waals surface area contributed by atoms with Crippen LogP contribution in [0, 0.1) is 19.3 Å². The summed E-state index contributed by atoms with van der Waals surface area (Å²) in [7, 11) is 0. The Labute approximate surface area is 110 Å². The molecule has 0 radical (unpaired) electrons. The van der Waals surface area contributed by atoms with E-state index in [4.69, 9.17) is 6.42 Å². The van der Waals surface area contributed by atoms with Crippen molar-refractivity contribution in [1.29, 1.82) is 0 Å². The Hall–Kier alpha value is -1.30. The Morgan fingerprint density at radius 2 is 2.17 bits per heavy atom. The minimum atomic E-state index is 0.638. The Balaban J connectivity index is 1.74. The summed E-state index contributed by atoms with van der Waals surface area (Å²) in [6.07, 6.45) is 7.74. The highest BCUT2D eigenvalue weighted by Crippen LogP contribution is 2.11. The highest BCUT2D eigenvalue weighted by Gasteiger charge is 2.17. The molecule has 0 atom stereocenters. The van der Waals surface area contributed by atoms with E-state index in [-0.39, 0.29) is 0 Å². The van der Waals surface area contributed by atoms with Gasteiger partial charge in [0.25, 0.3) is 0 Å². The first-order chi connectivity index (χ1) is 8.78. The average molecular weight is 242 g/mol. The van der Waals surface area contributed by atoms with Crippen molar-refractivity contribution in [3.05, 3.63) is 35.4 Å². The van der Waals surface area contributed by atoms with Crippen molar-refractivity contribution in [1.82, 2.24) is 10.2 Å². The molecule has 0 aromatic heterocycles. The summed E-state index contributed by atoms with van der Waals surface area (Å²) in [5.41, 5.74) is 2.71. The van der Waals surface area contributed by atoms with Crippen molar-refractivity contribution in [2.45, 2.75) is 32.4 Å². The molecule has 2 rings (SSSR count). The third kappa shape index (κ3) is 3.87.